The SMILES string of the molecule is CC(CCc1ccccc1)CC(C)(COc1c(F)cc(-c2ccnc3ccccc23)cc1Cl)OC(N)=O. The largest absolute Gasteiger partial charge is 0.485 e. The Morgan fingerprint density at radius 3 is 2.57 bits per heavy atom. The fourth-order valence-electron chi connectivity index (χ4n) is 4.70. The van der Waals surface area contributed by atoms with Crippen LogP contribution < -0.4 is 10.5 Å². The first-order valence-corrected chi connectivity index (χ1v) is 12.6. The third-order valence-electron chi connectivity index (χ3n) is 6.38. The average Bonchev–Trinajstić information content (AvgIpc) is 2.86. The van der Waals surface area contributed by atoms with E-state index in [-0.39, 0.29) is 23.3 Å². The number of carbonyl (C=O) groups excluding carboxylic acids is 1. The zero-order chi connectivity index (χ0) is 26.4. The predicted octanol–water partition coefficient (Wildman–Crippen LogP) is 7.59. The Balaban J connectivity index is 1.49. The molecule has 1 amide bonds. The van der Waals surface area contributed by atoms with Gasteiger partial charge in [0.2, 0.25) is 0 Å². The zero-order valence-corrected chi connectivity index (χ0v) is 21.7. The van der Waals surface area contributed by atoms with E-state index < -0.39 is 17.5 Å². The molecule has 0 saturated heterocycles. The predicted molar refractivity (Wildman–Crippen MR) is 145 cm³/mol. The highest BCUT2D eigenvalue weighted by atomic mass is 35.5. The summed E-state index contributed by atoms with van der Waals surface area (Å²) in [5, 5.41) is 1.01. The Hall–Kier alpha value is -3.64. The number of primary amides is 1. The normalized spacial score (nSPS) is 13.6. The number of nitrogens with zero attached hydrogens (tertiary/aromatic N) is 1. The number of aromatic nitrogens is 1. The number of ether oxygens (including phenoxy) is 2. The van der Waals surface area contributed by atoms with Crippen molar-refractivity contribution < 1.29 is 18.7 Å². The van der Waals surface area contributed by atoms with Crippen LogP contribution in [0.1, 0.15) is 32.3 Å². The van der Waals surface area contributed by atoms with Gasteiger partial charge in [0.05, 0.1) is 10.5 Å². The standard InChI is InChI=1S/C30H30ClFN2O3/c1-20(12-13-21-8-4-3-5-9-21)18-30(2,37-29(33)35)19-36-28-25(31)16-22(17-26(28)32)23-14-15-34-27-11-7-6-10-24(23)27/h3-11,14-17,20H,12-13,18-19H2,1-2H3,(H2,33,35). The van der Waals surface area contributed by atoms with Crippen LogP contribution in [-0.2, 0) is 11.2 Å². The molecule has 0 aliphatic rings. The van der Waals surface area contributed by atoms with Crippen molar-refractivity contribution in [3.8, 4) is 16.9 Å². The van der Waals surface area contributed by atoms with E-state index in [1.807, 2.05) is 48.5 Å². The van der Waals surface area contributed by atoms with E-state index in [0.717, 1.165) is 29.3 Å². The number of amides is 1. The molecule has 1 heterocycles. The molecule has 0 aliphatic carbocycles. The summed E-state index contributed by atoms with van der Waals surface area (Å²) in [5.41, 5.74) is 7.76. The van der Waals surface area contributed by atoms with Crippen LogP contribution in [0.25, 0.3) is 22.0 Å². The third kappa shape index (κ3) is 6.77. The Kier molecular flexibility index (Phi) is 8.29. The number of halogens is 2. The Morgan fingerprint density at radius 2 is 1.84 bits per heavy atom. The minimum absolute atomic E-state index is 0.0972. The van der Waals surface area contributed by atoms with E-state index in [9.17, 15) is 4.79 Å². The van der Waals surface area contributed by atoms with Crippen molar-refractivity contribution in [3.05, 3.63) is 95.4 Å². The number of hydrogen-bond acceptors (Lipinski definition) is 4. The van der Waals surface area contributed by atoms with Crippen LogP contribution in [0.3, 0.4) is 0 Å². The number of aryl methyl sites for hydroxylation is 1. The Bertz CT molecular complexity index is 1350. The number of hydrogen-bond donors (Lipinski definition) is 1. The van der Waals surface area contributed by atoms with Gasteiger partial charge in [0.15, 0.2) is 11.6 Å². The van der Waals surface area contributed by atoms with Gasteiger partial charge >= 0.3 is 6.09 Å². The molecule has 0 saturated carbocycles. The highest BCUT2D eigenvalue weighted by Crippen LogP contribution is 2.37. The van der Waals surface area contributed by atoms with Gasteiger partial charge in [0, 0.05) is 11.6 Å². The minimum atomic E-state index is -1.06. The molecule has 7 heteroatoms. The number of benzene rings is 3. The highest BCUT2D eigenvalue weighted by Gasteiger charge is 2.32. The van der Waals surface area contributed by atoms with Crippen LogP contribution in [0, 0.1) is 11.7 Å². The van der Waals surface area contributed by atoms with Crippen LogP contribution in [0.5, 0.6) is 5.75 Å². The van der Waals surface area contributed by atoms with Gasteiger partial charge < -0.3 is 15.2 Å². The second-order valence-electron chi connectivity index (χ2n) is 9.64. The summed E-state index contributed by atoms with van der Waals surface area (Å²) >= 11 is 6.48. The number of nitrogens with two attached hydrogens (primary N) is 1. The van der Waals surface area contributed by atoms with Gasteiger partial charge in [-0.25, -0.2) is 9.18 Å². The van der Waals surface area contributed by atoms with Crippen LogP contribution in [0.15, 0.2) is 79.0 Å². The molecule has 0 bridgehead atoms. The second-order valence-corrected chi connectivity index (χ2v) is 10.0. The lowest BCUT2D eigenvalue weighted by molar-refractivity contribution is -0.0214. The Morgan fingerprint density at radius 1 is 1.11 bits per heavy atom. The van der Waals surface area contributed by atoms with E-state index >= 15 is 4.39 Å². The molecule has 4 aromatic rings. The average molecular weight is 521 g/mol. The molecule has 2 unspecified atom stereocenters. The molecular weight excluding hydrogens is 491 g/mol. The number of para-hydroxylation sites is 1. The summed E-state index contributed by atoms with van der Waals surface area (Å²) in [6, 6.07) is 22.7. The van der Waals surface area contributed by atoms with Gasteiger partial charge in [-0.15, -0.1) is 0 Å². The summed E-state index contributed by atoms with van der Waals surface area (Å²) in [4.78, 5) is 16.0. The lowest BCUT2D eigenvalue weighted by Gasteiger charge is -2.31. The fraction of sp³-hybridized carbons (Fsp3) is 0.267. The molecule has 0 aliphatic heterocycles. The molecule has 0 radical (unpaired) electrons. The first kappa shape index (κ1) is 26.4. The van der Waals surface area contributed by atoms with Crippen molar-refractivity contribution in [2.75, 3.05) is 6.61 Å². The first-order chi connectivity index (χ1) is 17.7. The fourth-order valence-corrected chi connectivity index (χ4v) is 4.96. The lowest BCUT2D eigenvalue weighted by Crippen LogP contribution is -2.41. The van der Waals surface area contributed by atoms with Gasteiger partial charge in [0.1, 0.15) is 12.2 Å². The van der Waals surface area contributed by atoms with Gasteiger partial charge in [-0.1, -0.05) is 67.1 Å². The number of rotatable bonds is 10. The van der Waals surface area contributed by atoms with Gasteiger partial charge in [0.25, 0.3) is 0 Å². The van der Waals surface area contributed by atoms with E-state index in [4.69, 9.17) is 26.8 Å². The maximum atomic E-state index is 15.2. The molecule has 2 N–H and O–H groups in total. The molecule has 5 nitrogen and oxygen atoms in total. The molecule has 2 atom stereocenters. The molecular formula is C30H30ClFN2O3. The van der Waals surface area contributed by atoms with E-state index in [1.54, 1.807) is 19.2 Å². The van der Waals surface area contributed by atoms with E-state index in [1.165, 1.54) is 11.6 Å². The number of carbonyl (C=O) groups is 1. The molecule has 37 heavy (non-hydrogen) atoms. The quantitative estimate of drug-likeness (QED) is 0.234. The lowest BCUT2D eigenvalue weighted by atomic mass is 9.89. The topological polar surface area (TPSA) is 74.4 Å². The highest BCUT2D eigenvalue weighted by molar-refractivity contribution is 6.32. The maximum absolute atomic E-state index is 15.2. The summed E-state index contributed by atoms with van der Waals surface area (Å²) in [5.74, 6) is -0.516. The maximum Gasteiger partial charge on any atom is 0.405 e. The van der Waals surface area contributed by atoms with Crippen molar-refractivity contribution in [2.45, 2.75) is 38.7 Å². The van der Waals surface area contributed by atoms with Crippen LogP contribution in [-0.4, -0.2) is 23.3 Å². The van der Waals surface area contributed by atoms with Crippen molar-refractivity contribution in [2.24, 2.45) is 11.7 Å². The third-order valence-corrected chi connectivity index (χ3v) is 6.66. The minimum Gasteiger partial charge on any atom is -0.485 e. The van der Waals surface area contributed by atoms with Gasteiger partial charge in [-0.05, 0) is 73.1 Å². The number of fused-ring (bicyclic) bond motifs is 1. The molecule has 4 rings (SSSR count). The van der Waals surface area contributed by atoms with E-state index in [0.29, 0.717) is 12.0 Å². The Labute approximate surface area is 221 Å². The smallest absolute Gasteiger partial charge is 0.405 e. The summed E-state index contributed by atoms with van der Waals surface area (Å²) in [6.07, 6.45) is 3.03. The van der Waals surface area contributed by atoms with Crippen LogP contribution in [0.2, 0.25) is 5.02 Å². The van der Waals surface area contributed by atoms with Crippen molar-refractivity contribution >= 4 is 28.6 Å². The molecule has 0 fully saturated rings. The second kappa shape index (κ2) is 11.6. The monoisotopic (exact) mass is 520 g/mol. The summed E-state index contributed by atoms with van der Waals surface area (Å²) < 4.78 is 26.5. The van der Waals surface area contributed by atoms with Crippen LogP contribution in [0.4, 0.5) is 9.18 Å². The van der Waals surface area contributed by atoms with Gasteiger partial charge in [-0.3, -0.25) is 4.98 Å². The van der Waals surface area contributed by atoms with Crippen LogP contribution >= 0.6 is 11.6 Å². The van der Waals surface area contributed by atoms with E-state index in [2.05, 4.69) is 24.0 Å². The molecule has 0 spiro atoms. The summed E-state index contributed by atoms with van der Waals surface area (Å²) in [7, 11) is 0. The molecule has 192 valence electrons. The summed E-state index contributed by atoms with van der Waals surface area (Å²) in [6.45, 7) is 3.72. The van der Waals surface area contributed by atoms with Gasteiger partial charge in [-0.2, -0.15) is 0 Å². The first-order valence-electron chi connectivity index (χ1n) is 12.2. The molecule has 3 aromatic carbocycles. The van der Waals surface area contributed by atoms with Crippen molar-refractivity contribution in [1.82, 2.24) is 4.98 Å². The zero-order valence-electron chi connectivity index (χ0n) is 20.9. The van der Waals surface area contributed by atoms with Crippen molar-refractivity contribution in [3.63, 3.8) is 0 Å². The molecule has 1 aromatic heterocycles. The number of pyridine rings is 1. The van der Waals surface area contributed by atoms with Crippen molar-refractivity contribution in [1.29, 1.82) is 0 Å².